The monoisotopic (exact) mass is 469 g/mol. The van der Waals surface area contributed by atoms with Gasteiger partial charge in [-0.1, -0.05) is 18.2 Å². The number of para-hydroxylation sites is 1. The maximum atomic E-state index is 5.45. The van der Waals surface area contributed by atoms with Crippen LogP contribution in [0.5, 0.6) is 0 Å². The number of anilines is 4. The fraction of sp³-hybridized carbons (Fsp3) is 0.542. The van der Waals surface area contributed by atoms with Crippen molar-refractivity contribution in [3.8, 4) is 0 Å². The molecule has 1 aromatic heterocycles. The first kappa shape index (κ1) is 23.5. The fourth-order valence-electron chi connectivity index (χ4n) is 4.47. The number of thiocarbonyl (C=S) groups is 1. The van der Waals surface area contributed by atoms with Gasteiger partial charge in [-0.05, 0) is 50.5 Å². The minimum absolute atomic E-state index is 0.469. The average molecular weight is 470 g/mol. The highest BCUT2D eigenvalue weighted by Crippen LogP contribution is 2.28. The molecule has 3 heterocycles. The highest BCUT2D eigenvalue weighted by Gasteiger charge is 2.24. The highest BCUT2D eigenvalue weighted by molar-refractivity contribution is 7.80. The van der Waals surface area contributed by atoms with Gasteiger partial charge in [0.15, 0.2) is 5.11 Å². The number of piperidine rings is 1. The SMILES string of the molecule is COCCNC(=S)Nc1nc(N2CCN(c3ccccc3)CC2)cc(N2CCCC[C@@H]2C)n1. The molecule has 33 heavy (non-hydrogen) atoms. The zero-order chi connectivity index (χ0) is 23.0. The van der Waals surface area contributed by atoms with Gasteiger partial charge < -0.3 is 30.1 Å². The predicted molar refractivity (Wildman–Crippen MR) is 140 cm³/mol. The van der Waals surface area contributed by atoms with Crippen LogP contribution >= 0.6 is 12.2 Å². The van der Waals surface area contributed by atoms with Crippen LogP contribution in [0.1, 0.15) is 26.2 Å². The summed E-state index contributed by atoms with van der Waals surface area (Å²) >= 11 is 5.45. The van der Waals surface area contributed by atoms with Gasteiger partial charge in [-0.15, -0.1) is 0 Å². The van der Waals surface area contributed by atoms with Crippen LogP contribution in [0.4, 0.5) is 23.3 Å². The summed E-state index contributed by atoms with van der Waals surface area (Å²) < 4.78 is 5.09. The lowest BCUT2D eigenvalue weighted by atomic mass is 10.0. The molecule has 0 amide bonds. The van der Waals surface area contributed by atoms with Crippen molar-refractivity contribution in [3.63, 3.8) is 0 Å². The van der Waals surface area contributed by atoms with E-state index in [1.807, 2.05) is 0 Å². The van der Waals surface area contributed by atoms with Gasteiger partial charge in [-0.2, -0.15) is 9.97 Å². The van der Waals surface area contributed by atoms with Gasteiger partial charge in [0.25, 0.3) is 0 Å². The molecule has 2 aliphatic rings. The molecule has 0 spiro atoms. The van der Waals surface area contributed by atoms with Crippen molar-refractivity contribution in [1.29, 1.82) is 0 Å². The van der Waals surface area contributed by atoms with Gasteiger partial charge in [0.2, 0.25) is 5.95 Å². The summed E-state index contributed by atoms with van der Waals surface area (Å²) in [5.74, 6) is 2.47. The van der Waals surface area contributed by atoms with E-state index >= 15 is 0 Å². The maximum absolute atomic E-state index is 5.45. The van der Waals surface area contributed by atoms with Gasteiger partial charge in [-0.3, -0.25) is 0 Å². The molecule has 2 fully saturated rings. The second kappa shape index (κ2) is 11.5. The average Bonchev–Trinajstić information content (AvgIpc) is 2.85. The Morgan fingerprint density at radius 2 is 1.76 bits per heavy atom. The Hall–Kier alpha value is -2.65. The van der Waals surface area contributed by atoms with E-state index in [2.05, 4.69) is 68.7 Å². The standard InChI is InChI=1S/C24H35N7OS/c1-19-8-6-7-12-31(19)22-18-21(26-23(27-22)28-24(33)25-11-17-32-2)30-15-13-29(14-16-30)20-9-4-3-5-10-20/h3-5,9-10,18-19H,6-8,11-17H2,1-2H3,(H2,25,26,27,28,33)/t19-/m0/s1. The van der Waals surface area contributed by atoms with E-state index in [0.717, 1.165) is 44.4 Å². The first-order valence-electron chi connectivity index (χ1n) is 11.9. The molecule has 1 atom stereocenters. The lowest BCUT2D eigenvalue weighted by molar-refractivity contribution is 0.204. The predicted octanol–water partition coefficient (Wildman–Crippen LogP) is 3.11. The minimum atomic E-state index is 0.469. The maximum Gasteiger partial charge on any atom is 0.232 e. The smallest absolute Gasteiger partial charge is 0.232 e. The van der Waals surface area contributed by atoms with Crippen LogP contribution in [0.3, 0.4) is 0 Å². The van der Waals surface area contributed by atoms with Crippen molar-refractivity contribution in [2.24, 2.45) is 0 Å². The second-order valence-electron chi connectivity index (χ2n) is 8.63. The zero-order valence-electron chi connectivity index (χ0n) is 19.7. The third-order valence-corrected chi connectivity index (χ3v) is 6.58. The number of rotatable bonds is 7. The third kappa shape index (κ3) is 6.23. The Balaban J connectivity index is 1.51. The number of nitrogens with one attached hydrogen (secondary N) is 2. The molecule has 178 valence electrons. The highest BCUT2D eigenvalue weighted by atomic mass is 32.1. The van der Waals surface area contributed by atoms with E-state index in [4.69, 9.17) is 26.9 Å². The van der Waals surface area contributed by atoms with Crippen LogP contribution in [0.15, 0.2) is 36.4 Å². The molecular weight excluding hydrogens is 434 g/mol. The Bertz CT molecular complexity index is 905. The third-order valence-electron chi connectivity index (χ3n) is 6.34. The Morgan fingerprint density at radius 1 is 1.03 bits per heavy atom. The first-order chi connectivity index (χ1) is 16.1. The summed E-state index contributed by atoms with van der Waals surface area (Å²) in [6.45, 7) is 8.28. The normalized spacial score (nSPS) is 18.8. The van der Waals surface area contributed by atoms with Crippen LogP contribution in [0.2, 0.25) is 0 Å². The van der Waals surface area contributed by atoms with Gasteiger partial charge >= 0.3 is 0 Å². The molecule has 0 radical (unpaired) electrons. The molecule has 2 N–H and O–H groups in total. The summed E-state index contributed by atoms with van der Waals surface area (Å²) in [4.78, 5) is 16.9. The largest absolute Gasteiger partial charge is 0.383 e. The zero-order valence-corrected chi connectivity index (χ0v) is 20.5. The molecule has 4 rings (SSSR count). The minimum Gasteiger partial charge on any atom is -0.383 e. The molecule has 9 heteroatoms. The number of nitrogens with zero attached hydrogens (tertiary/aromatic N) is 5. The van der Waals surface area contributed by atoms with E-state index in [9.17, 15) is 0 Å². The number of aromatic nitrogens is 2. The lowest BCUT2D eigenvalue weighted by Gasteiger charge is -2.38. The molecule has 0 aliphatic carbocycles. The summed E-state index contributed by atoms with van der Waals surface area (Å²) in [7, 11) is 1.67. The summed E-state index contributed by atoms with van der Waals surface area (Å²) in [5, 5.41) is 6.84. The van der Waals surface area contributed by atoms with Crippen LogP contribution < -0.4 is 25.3 Å². The Kier molecular flexibility index (Phi) is 8.17. The van der Waals surface area contributed by atoms with Crippen LogP contribution in [-0.4, -0.2) is 74.1 Å². The van der Waals surface area contributed by atoms with Gasteiger partial charge in [0.05, 0.1) is 6.61 Å². The second-order valence-corrected chi connectivity index (χ2v) is 9.04. The number of piperazine rings is 1. The van der Waals surface area contributed by atoms with Crippen molar-refractivity contribution in [2.45, 2.75) is 32.2 Å². The summed E-state index contributed by atoms with van der Waals surface area (Å²) in [6, 6.07) is 13.2. The van der Waals surface area contributed by atoms with E-state index in [1.54, 1.807) is 7.11 Å². The Morgan fingerprint density at radius 3 is 2.48 bits per heavy atom. The number of methoxy groups -OCH3 is 1. The molecule has 2 aliphatic heterocycles. The lowest BCUT2D eigenvalue weighted by Crippen LogP contribution is -2.47. The van der Waals surface area contributed by atoms with Gasteiger partial charge in [-0.25, -0.2) is 0 Å². The number of ether oxygens (including phenoxy) is 1. The Labute approximate surface area is 202 Å². The van der Waals surface area contributed by atoms with Crippen molar-refractivity contribution >= 4 is 40.6 Å². The summed E-state index contributed by atoms with van der Waals surface area (Å²) in [5.41, 5.74) is 1.28. The van der Waals surface area contributed by atoms with Gasteiger partial charge in [0, 0.05) is 64.2 Å². The van der Waals surface area contributed by atoms with E-state index in [1.165, 1.54) is 24.9 Å². The molecule has 0 bridgehead atoms. The fourth-order valence-corrected chi connectivity index (χ4v) is 4.66. The van der Waals surface area contributed by atoms with Crippen LogP contribution in [-0.2, 0) is 4.74 Å². The van der Waals surface area contributed by atoms with E-state index < -0.39 is 0 Å². The molecule has 0 unspecified atom stereocenters. The van der Waals surface area contributed by atoms with Crippen molar-refractivity contribution in [2.75, 3.05) is 73.0 Å². The van der Waals surface area contributed by atoms with Crippen molar-refractivity contribution < 1.29 is 4.74 Å². The molecule has 0 saturated carbocycles. The number of benzene rings is 1. The summed E-state index contributed by atoms with van der Waals surface area (Å²) in [6.07, 6.45) is 3.66. The molecule has 2 saturated heterocycles. The van der Waals surface area contributed by atoms with Crippen molar-refractivity contribution in [3.05, 3.63) is 36.4 Å². The van der Waals surface area contributed by atoms with Crippen LogP contribution in [0.25, 0.3) is 0 Å². The number of hydrogen-bond donors (Lipinski definition) is 2. The number of hydrogen-bond acceptors (Lipinski definition) is 7. The van der Waals surface area contributed by atoms with E-state index in [-0.39, 0.29) is 0 Å². The molecule has 8 nitrogen and oxygen atoms in total. The van der Waals surface area contributed by atoms with Crippen molar-refractivity contribution in [1.82, 2.24) is 15.3 Å². The molecule has 1 aromatic carbocycles. The topological polar surface area (TPSA) is 68.8 Å². The van der Waals surface area contributed by atoms with Gasteiger partial charge in [0.1, 0.15) is 11.6 Å². The molecular formula is C24H35N7OS. The quantitative estimate of drug-likeness (QED) is 0.470. The first-order valence-corrected chi connectivity index (χ1v) is 12.3. The molecule has 2 aromatic rings. The van der Waals surface area contributed by atoms with E-state index in [0.29, 0.717) is 30.3 Å². The van der Waals surface area contributed by atoms with Crippen LogP contribution in [0, 0.1) is 0 Å².